The molecule has 0 aliphatic heterocycles. The molecular weight excluding hydrogens is 204 g/mol. The summed E-state index contributed by atoms with van der Waals surface area (Å²) in [5, 5.41) is 34.4. The van der Waals surface area contributed by atoms with Crippen molar-refractivity contribution in [2.45, 2.75) is 0 Å². The van der Waals surface area contributed by atoms with Gasteiger partial charge in [0.2, 0.25) is 0 Å². The molecule has 2 rings (SSSR count). The van der Waals surface area contributed by atoms with Crippen LogP contribution in [0, 0.1) is 27.9 Å². The highest BCUT2D eigenvalue weighted by Crippen LogP contribution is 2.15. The lowest BCUT2D eigenvalue weighted by molar-refractivity contribution is -0.794. The van der Waals surface area contributed by atoms with Crippen LogP contribution in [0.3, 0.4) is 0 Å². The minimum absolute atomic E-state index is 0.0484. The van der Waals surface area contributed by atoms with E-state index in [1.165, 1.54) is 0 Å². The molecule has 9 nitrogen and oxygen atoms in total. The number of hydrogen-bond acceptors (Lipinski definition) is 8. The highest BCUT2D eigenvalue weighted by molar-refractivity contribution is 5.50. The third kappa shape index (κ3) is 1.24. The molecule has 9 heteroatoms. The van der Waals surface area contributed by atoms with Crippen LogP contribution in [0.2, 0.25) is 0 Å². The topological polar surface area (TPSA) is 139 Å². The number of aromatic nitrogens is 4. The van der Waals surface area contributed by atoms with Gasteiger partial charge in [-0.1, -0.05) is 0 Å². The molecule has 72 valence electrons. The van der Waals surface area contributed by atoms with Crippen molar-refractivity contribution in [1.29, 1.82) is 10.5 Å². The number of rotatable bonds is 1. The quantitative estimate of drug-likeness (QED) is 0.544. The van der Waals surface area contributed by atoms with Crippen molar-refractivity contribution < 1.29 is 14.1 Å². The van der Waals surface area contributed by atoms with Gasteiger partial charge in [-0.15, -0.1) is 0 Å². The first-order valence-corrected chi connectivity index (χ1v) is 3.50. The Morgan fingerprint density at radius 1 is 1.27 bits per heavy atom. The Labute approximate surface area is 81.3 Å². The van der Waals surface area contributed by atoms with E-state index in [9.17, 15) is 5.21 Å². The van der Waals surface area contributed by atoms with Gasteiger partial charge in [-0.05, 0) is 10.1 Å². The maximum absolute atomic E-state index is 11.0. The molecule has 0 radical (unpaired) electrons. The maximum atomic E-state index is 11.0. The molecule has 15 heavy (non-hydrogen) atoms. The zero-order valence-corrected chi connectivity index (χ0v) is 6.91. The third-order valence-electron chi connectivity index (χ3n) is 1.45. The number of hydrogen-bond donors (Lipinski definition) is 0. The average molecular weight is 204 g/mol. The lowest BCUT2D eigenvalue weighted by atomic mass is 10.3. The van der Waals surface area contributed by atoms with E-state index in [-0.39, 0.29) is 28.0 Å². The van der Waals surface area contributed by atoms with Crippen LogP contribution in [-0.2, 0) is 0 Å². The van der Waals surface area contributed by atoms with Crippen molar-refractivity contribution in [3.63, 3.8) is 0 Å². The summed E-state index contributed by atoms with van der Waals surface area (Å²) < 4.78 is 8.73. The van der Waals surface area contributed by atoms with E-state index in [1.54, 1.807) is 12.1 Å². The lowest BCUT2D eigenvalue weighted by Gasteiger charge is -1.86. The maximum Gasteiger partial charge on any atom is 0.330 e. The first kappa shape index (κ1) is 8.65. The fourth-order valence-corrected chi connectivity index (χ4v) is 0.866. The molecule has 0 aromatic carbocycles. The molecule has 0 saturated heterocycles. The first-order valence-electron chi connectivity index (χ1n) is 3.50. The summed E-state index contributed by atoms with van der Waals surface area (Å²) in [4.78, 5) is 3.48. The normalized spacial score (nSPS) is 9.47. The van der Waals surface area contributed by atoms with E-state index in [1.807, 2.05) is 0 Å². The van der Waals surface area contributed by atoms with E-state index in [2.05, 4.69) is 24.4 Å². The Kier molecular flexibility index (Phi) is 1.78. The molecule has 2 aromatic rings. The highest BCUT2D eigenvalue weighted by atomic mass is 16.8. The zero-order chi connectivity index (χ0) is 10.8. The van der Waals surface area contributed by atoms with E-state index >= 15 is 0 Å². The van der Waals surface area contributed by atoms with Crippen molar-refractivity contribution in [2.24, 2.45) is 0 Å². The van der Waals surface area contributed by atoms with Gasteiger partial charge in [0.1, 0.15) is 6.07 Å². The fraction of sp³-hybridized carbons (Fsp3) is 0. The molecule has 0 atom stereocenters. The molecule has 0 bridgehead atoms. The predicted molar refractivity (Wildman–Crippen MR) is 38.2 cm³/mol. The first-order chi connectivity index (χ1) is 7.26. The summed E-state index contributed by atoms with van der Waals surface area (Å²) in [6.07, 6.45) is 0. The molecular formula is C6N6O3. The zero-order valence-electron chi connectivity index (χ0n) is 6.91. The van der Waals surface area contributed by atoms with Gasteiger partial charge < -0.3 is 9.73 Å². The smallest absolute Gasteiger partial charge is 0.330 e. The lowest BCUT2D eigenvalue weighted by Crippen LogP contribution is -2.25. The van der Waals surface area contributed by atoms with Crippen molar-refractivity contribution in [2.75, 3.05) is 0 Å². The van der Waals surface area contributed by atoms with Crippen LogP contribution >= 0.6 is 0 Å². The second-order valence-corrected chi connectivity index (χ2v) is 2.27. The minimum atomic E-state index is -0.313. The Bertz CT molecular complexity index is 585. The number of nitrogens with zero attached hydrogens (tertiary/aromatic N) is 6. The third-order valence-corrected chi connectivity index (χ3v) is 1.45. The van der Waals surface area contributed by atoms with Crippen LogP contribution in [0.1, 0.15) is 11.5 Å². The van der Waals surface area contributed by atoms with Crippen molar-refractivity contribution in [3.8, 4) is 23.7 Å². The standard InChI is InChI=1S/C6N6O3/c7-1-3-5(12(13)15-10-3)6-9-4(2-8)11-14-6. The van der Waals surface area contributed by atoms with Gasteiger partial charge >= 0.3 is 17.3 Å². The second kappa shape index (κ2) is 3.08. The summed E-state index contributed by atoms with van der Waals surface area (Å²) in [7, 11) is 0. The van der Waals surface area contributed by atoms with Crippen LogP contribution in [0.15, 0.2) is 9.15 Å². The van der Waals surface area contributed by atoms with Gasteiger partial charge in [-0.2, -0.15) is 15.5 Å². The Morgan fingerprint density at radius 3 is 2.67 bits per heavy atom. The molecule has 2 heterocycles. The molecule has 0 fully saturated rings. The van der Waals surface area contributed by atoms with Gasteiger partial charge in [0.25, 0.3) is 5.82 Å². The van der Waals surface area contributed by atoms with Crippen LogP contribution < -0.4 is 4.90 Å². The van der Waals surface area contributed by atoms with E-state index in [0.29, 0.717) is 0 Å². The summed E-state index contributed by atoms with van der Waals surface area (Å²) in [6, 6.07) is 3.21. The van der Waals surface area contributed by atoms with Crippen LogP contribution in [0.5, 0.6) is 0 Å². The van der Waals surface area contributed by atoms with Crippen molar-refractivity contribution in [3.05, 3.63) is 16.7 Å². The summed E-state index contributed by atoms with van der Waals surface area (Å²) in [5.41, 5.74) is -0.607. The average Bonchev–Trinajstić information content (AvgIpc) is 2.83. The molecule has 0 saturated carbocycles. The summed E-state index contributed by atoms with van der Waals surface area (Å²) >= 11 is 0. The number of nitriles is 2. The summed E-state index contributed by atoms with van der Waals surface area (Å²) in [6.45, 7) is 0. The van der Waals surface area contributed by atoms with Crippen molar-refractivity contribution in [1.82, 2.24) is 15.3 Å². The molecule has 0 unspecified atom stereocenters. The molecule has 0 spiro atoms. The van der Waals surface area contributed by atoms with E-state index in [0.717, 1.165) is 0 Å². The van der Waals surface area contributed by atoms with E-state index < -0.39 is 0 Å². The Morgan fingerprint density at radius 2 is 2.07 bits per heavy atom. The van der Waals surface area contributed by atoms with Crippen molar-refractivity contribution >= 4 is 0 Å². The second-order valence-electron chi connectivity index (χ2n) is 2.27. The van der Waals surface area contributed by atoms with Gasteiger partial charge in [-0.3, -0.25) is 4.63 Å². The monoisotopic (exact) mass is 204 g/mol. The summed E-state index contributed by atoms with van der Waals surface area (Å²) in [5.74, 6) is -0.547. The van der Waals surface area contributed by atoms with Gasteiger partial charge in [0.15, 0.2) is 6.07 Å². The predicted octanol–water partition coefficient (Wildman–Crippen LogP) is -0.899. The Hall–Kier alpha value is -2.94. The molecule has 0 aliphatic rings. The molecule has 0 amide bonds. The van der Waals surface area contributed by atoms with Gasteiger partial charge in [0.05, 0.1) is 5.16 Å². The van der Waals surface area contributed by atoms with Crippen LogP contribution in [0.4, 0.5) is 0 Å². The molecule has 0 aliphatic carbocycles. The van der Waals surface area contributed by atoms with Gasteiger partial charge in [-0.25, -0.2) is 0 Å². The van der Waals surface area contributed by atoms with Crippen LogP contribution in [-0.4, -0.2) is 15.3 Å². The Balaban J connectivity index is 2.59. The SMILES string of the molecule is N#Cc1noc(-c2c(C#N)no[n+]2[O-])n1. The largest absolute Gasteiger partial charge is 0.359 e. The molecule has 2 aromatic heterocycles. The molecule has 0 N–H and O–H groups in total. The highest BCUT2D eigenvalue weighted by Gasteiger charge is 2.26. The fourth-order valence-electron chi connectivity index (χ4n) is 0.866. The van der Waals surface area contributed by atoms with Gasteiger partial charge in [0, 0.05) is 0 Å². The van der Waals surface area contributed by atoms with Crippen LogP contribution in [0.25, 0.3) is 11.6 Å². The van der Waals surface area contributed by atoms with E-state index in [4.69, 9.17) is 10.5 Å². The minimum Gasteiger partial charge on any atom is -0.359 e.